The highest BCUT2D eigenvalue weighted by Crippen LogP contribution is 2.27. The summed E-state index contributed by atoms with van der Waals surface area (Å²) in [5.41, 5.74) is 4.01. The van der Waals surface area contributed by atoms with E-state index in [9.17, 15) is 4.79 Å². The van der Waals surface area contributed by atoms with Crippen molar-refractivity contribution in [2.75, 3.05) is 0 Å². The van der Waals surface area contributed by atoms with Gasteiger partial charge in [-0.3, -0.25) is 4.79 Å². The highest BCUT2D eigenvalue weighted by atomic mass is 35.5. The van der Waals surface area contributed by atoms with Crippen LogP contribution in [0.4, 0.5) is 0 Å². The lowest BCUT2D eigenvalue weighted by Crippen LogP contribution is -1.93. The number of hydrogen-bond acceptors (Lipinski definition) is 3. The fourth-order valence-corrected chi connectivity index (χ4v) is 1.91. The van der Waals surface area contributed by atoms with E-state index in [1.165, 1.54) is 5.56 Å². The summed E-state index contributed by atoms with van der Waals surface area (Å²) in [4.78, 5) is 11.3. The predicted molar refractivity (Wildman–Crippen MR) is 66.3 cm³/mol. The van der Waals surface area contributed by atoms with Crippen LogP contribution in [0.2, 0.25) is 0 Å². The van der Waals surface area contributed by atoms with Crippen molar-refractivity contribution in [3.63, 3.8) is 0 Å². The van der Waals surface area contributed by atoms with Crippen LogP contribution in [0.3, 0.4) is 0 Å². The van der Waals surface area contributed by atoms with Crippen LogP contribution < -0.4 is 0 Å². The standard InChI is InChI=1S/C13H12ClNO2/c1-7-4-5-10(6-8(7)2)12-11(13(14)16)9(3)17-15-12/h4-6H,1-3H3. The first-order chi connectivity index (χ1) is 8.00. The van der Waals surface area contributed by atoms with Crippen molar-refractivity contribution >= 4 is 16.8 Å². The molecule has 0 saturated carbocycles. The molecule has 0 aliphatic carbocycles. The van der Waals surface area contributed by atoms with Gasteiger partial charge in [0.2, 0.25) is 0 Å². The molecule has 2 rings (SSSR count). The van der Waals surface area contributed by atoms with Crippen molar-refractivity contribution in [2.24, 2.45) is 0 Å². The van der Waals surface area contributed by atoms with E-state index in [1.807, 2.05) is 32.0 Å². The molecular formula is C13H12ClNO2. The number of hydrogen-bond donors (Lipinski definition) is 0. The number of aryl methyl sites for hydroxylation is 3. The van der Waals surface area contributed by atoms with Crippen LogP contribution in [0.1, 0.15) is 27.2 Å². The molecule has 3 nitrogen and oxygen atoms in total. The first-order valence-electron chi connectivity index (χ1n) is 5.24. The molecule has 2 aromatic rings. The first-order valence-corrected chi connectivity index (χ1v) is 5.62. The number of halogens is 1. The fraction of sp³-hybridized carbons (Fsp3) is 0.231. The number of nitrogens with zero attached hydrogens (tertiary/aromatic N) is 1. The van der Waals surface area contributed by atoms with Gasteiger partial charge in [0, 0.05) is 5.56 Å². The van der Waals surface area contributed by atoms with Gasteiger partial charge in [-0.25, -0.2) is 0 Å². The Hall–Kier alpha value is -1.61. The van der Waals surface area contributed by atoms with Gasteiger partial charge in [0.15, 0.2) is 0 Å². The zero-order valence-electron chi connectivity index (χ0n) is 9.87. The summed E-state index contributed by atoms with van der Waals surface area (Å²) in [5, 5.41) is 3.35. The first kappa shape index (κ1) is 11.9. The average molecular weight is 250 g/mol. The normalized spacial score (nSPS) is 10.6. The Bertz CT molecular complexity index is 587. The molecule has 0 spiro atoms. The molecule has 0 aliphatic rings. The molecule has 0 saturated heterocycles. The predicted octanol–water partition coefficient (Wildman–Crippen LogP) is 3.65. The number of rotatable bonds is 2. The van der Waals surface area contributed by atoms with E-state index in [4.69, 9.17) is 16.1 Å². The minimum Gasteiger partial charge on any atom is -0.360 e. The lowest BCUT2D eigenvalue weighted by molar-refractivity contribution is 0.108. The van der Waals surface area contributed by atoms with Gasteiger partial charge < -0.3 is 4.52 Å². The Morgan fingerprint density at radius 1 is 1.24 bits per heavy atom. The van der Waals surface area contributed by atoms with Crippen molar-refractivity contribution < 1.29 is 9.32 Å². The van der Waals surface area contributed by atoms with Crippen LogP contribution in [0.15, 0.2) is 22.7 Å². The molecule has 0 amide bonds. The Kier molecular flexibility index (Phi) is 3.03. The second-order valence-electron chi connectivity index (χ2n) is 4.04. The molecule has 0 radical (unpaired) electrons. The van der Waals surface area contributed by atoms with Crippen LogP contribution >= 0.6 is 11.6 Å². The summed E-state index contributed by atoms with van der Waals surface area (Å²) < 4.78 is 5.03. The molecule has 0 atom stereocenters. The second-order valence-corrected chi connectivity index (χ2v) is 4.38. The highest BCUT2D eigenvalue weighted by Gasteiger charge is 2.19. The minimum atomic E-state index is -0.544. The Labute approximate surface area is 104 Å². The van der Waals surface area contributed by atoms with E-state index in [1.54, 1.807) is 6.92 Å². The molecule has 1 heterocycles. The van der Waals surface area contributed by atoms with Gasteiger partial charge in [-0.2, -0.15) is 0 Å². The van der Waals surface area contributed by atoms with Gasteiger partial charge in [-0.05, 0) is 49.6 Å². The van der Waals surface area contributed by atoms with Crippen LogP contribution in [0, 0.1) is 20.8 Å². The average Bonchev–Trinajstić information content (AvgIpc) is 2.64. The van der Waals surface area contributed by atoms with Crippen molar-refractivity contribution in [3.05, 3.63) is 40.6 Å². The molecule has 88 valence electrons. The molecular weight excluding hydrogens is 238 g/mol. The van der Waals surface area contributed by atoms with E-state index in [0.717, 1.165) is 11.1 Å². The topological polar surface area (TPSA) is 43.1 Å². The van der Waals surface area contributed by atoms with Crippen molar-refractivity contribution in [1.29, 1.82) is 0 Å². The maximum absolute atomic E-state index is 11.3. The molecule has 1 aromatic heterocycles. The summed E-state index contributed by atoms with van der Waals surface area (Å²) in [6.07, 6.45) is 0. The third-order valence-corrected chi connectivity index (χ3v) is 3.03. The van der Waals surface area contributed by atoms with Gasteiger partial charge in [0.25, 0.3) is 5.24 Å². The number of aromatic nitrogens is 1. The summed E-state index contributed by atoms with van der Waals surface area (Å²) in [7, 11) is 0. The Morgan fingerprint density at radius 2 is 1.94 bits per heavy atom. The van der Waals surface area contributed by atoms with Crippen LogP contribution in [0.5, 0.6) is 0 Å². The van der Waals surface area contributed by atoms with E-state index in [-0.39, 0.29) is 0 Å². The third-order valence-electron chi connectivity index (χ3n) is 2.84. The molecule has 0 unspecified atom stereocenters. The monoisotopic (exact) mass is 249 g/mol. The molecule has 1 aromatic carbocycles. The fourth-order valence-electron chi connectivity index (χ4n) is 1.69. The number of carbonyl (C=O) groups is 1. The van der Waals surface area contributed by atoms with Crippen LogP contribution in [-0.4, -0.2) is 10.4 Å². The smallest absolute Gasteiger partial charge is 0.258 e. The maximum atomic E-state index is 11.3. The highest BCUT2D eigenvalue weighted by molar-refractivity contribution is 6.68. The van der Waals surface area contributed by atoms with Crippen LogP contribution in [0.25, 0.3) is 11.3 Å². The molecule has 0 bridgehead atoms. The summed E-state index contributed by atoms with van der Waals surface area (Å²) >= 11 is 5.54. The van der Waals surface area contributed by atoms with Gasteiger partial charge in [0.1, 0.15) is 17.0 Å². The zero-order valence-corrected chi connectivity index (χ0v) is 10.6. The molecule has 0 N–H and O–H groups in total. The Morgan fingerprint density at radius 3 is 2.53 bits per heavy atom. The summed E-state index contributed by atoms with van der Waals surface area (Å²) in [6, 6.07) is 5.86. The van der Waals surface area contributed by atoms with Gasteiger partial charge >= 0.3 is 0 Å². The lowest BCUT2D eigenvalue weighted by Gasteiger charge is -2.03. The molecule has 0 aliphatic heterocycles. The van der Waals surface area contributed by atoms with Gasteiger partial charge in [-0.15, -0.1) is 0 Å². The van der Waals surface area contributed by atoms with Gasteiger partial charge in [-0.1, -0.05) is 17.3 Å². The summed E-state index contributed by atoms with van der Waals surface area (Å²) in [5.74, 6) is 0.443. The quantitative estimate of drug-likeness (QED) is 0.763. The second kappa shape index (κ2) is 4.34. The van der Waals surface area contributed by atoms with Gasteiger partial charge in [0.05, 0.1) is 0 Å². The minimum absolute atomic E-state index is 0.343. The largest absolute Gasteiger partial charge is 0.360 e. The molecule has 4 heteroatoms. The lowest BCUT2D eigenvalue weighted by atomic mass is 10.0. The van der Waals surface area contributed by atoms with E-state index >= 15 is 0 Å². The number of carbonyl (C=O) groups excluding carboxylic acids is 1. The third kappa shape index (κ3) is 2.11. The van der Waals surface area contributed by atoms with E-state index in [2.05, 4.69) is 5.16 Å². The molecule has 0 fully saturated rings. The number of benzene rings is 1. The zero-order chi connectivity index (χ0) is 12.6. The van der Waals surface area contributed by atoms with Crippen molar-refractivity contribution in [1.82, 2.24) is 5.16 Å². The van der Waals surface area contributed by atoms with Crippen LogP contribution in [-0.2, 0) is 0 Å². The van der Waals surface area contributed by atoms with E-state index < -0.39 is 5.24 Å². The van der Waals surface area contributed by atoms with Crippen molar-refractivity contribution in [2.45, 2.75) is 20.8 Å². The van der Waals surface area contributed by atoms with E-state index in [0.29, 0.717) is 17.0 Å². The van der Waals surface area contributed by atoms with Crippen molar-refractivity contribution in [3.8, 4) is 11.3 Å². The SMILES string of the molecule is Cc1ccc(-c2noc(C)c2C(=O)Cl)cc1C. The molecule has 17 heavy (non-hydrogen) atoms. The maximum Gasteiger partial charge on any atom is 0.258 e. The summed E-state index contributed by atoms with van der Waals surface area (Å²) in [6.45, 7) is 5.71. The Balaban J connectivity index is 2.60.